The van der Waals surface area contributed by atoms with Crippen molar-refractivity contribution in [3.05, 3.63) is 0 Å². The fraction of sp³-hybridized carbons (Fsp3) is 0.900. The minimum absolute atomic E-state index is 0.00852. The predicted octanol–water partition coefficient (Wildman–Crippen LogP) is 0.409. The van der Waals surface area contributed by atoms with E-state index >= 15 is 0 Å². The van der Waals surface area contributed by atoms with Crippen LogP contribution in [0.1, 0.15) is 32.1 Å². The van der Waals surface area contributed by atoms with E-state index in [9.17, 15) is 4.79 Å². The van der Waals surface area contributed by atoms with E-state index in [4.69, 9.17) is 10.5 Å². The molecule has 82 valence electrons. The van der Waals surface area contributed by atoms with Gasteiger partial charge in [-0.3, -0.25) is 4.79 Å². The lowest BCUT2D eigenvalue weighted by molar-refractivity contribution is -0.123. The van der Waals surface area contributed by atoms with Crippen molar-refractivity contribution >= 4 is 5.91 Å². The molecule has 0 aliphatic heterocycles. The molecule has 1 saturated carbocycles. The summed E-state index contributed by atoms with van der Waals surface area (Å²) in [5.41, 5.74) is 5.72. The number of carbonyl (C=O) groups is 1. The normalized spacial score (nSPS) is 18.7. The van der Waals surface area contributed by atoms with Gasteiger partial charge in [0.25, 0.3) is 0 Å². The van der Waals surface area contributed by atoms with E-state index in [-0.39, 0.29) is 11.9 Å². The number of rotatable bonds is 6. The number of nitrogens with one attached hydrogen (secondary N) is 1. The van der Waals surface area contributed by atoms with Gasteiger partial charge >= 0.3 is 0 Å². The van der Waals surface area contributed by atoms with E-state index in [2.05, 4.69) is 5.32 Å². The Morgan fingerprint density at radius 2 is 2.36 bits per heavy atom. The predicted molar refractivity (Wildman–Crippen MR) is 54.9 cm³/mol. The summed E-state index contributed by atoms with van der Waals surface area (Å²) in [5.74, 6) is -0.00852. The van der Waals surface area contributed by atoms with Crippen molar-refractivity contribution in [3.63, 3.8) is 0 Å². The summed E-state index contributed by atoms with van der Waals surface area (Å²) < 4.78 is 4.90. The summed E-state index contributed by atoms with van der Waals surface area (Å²) in [5, 5.41) is 2.94. The Kier molecular flexibility index (Phi) is 4.90. The van der Waals surface area contributed by atoms with Crippen molar-refractivity contribution in [1.82, 2.24) is 5.32 Å². The van der Waals surface area contributed by atoms with Crippen molar-refractivity contribution in [2.75, 3.05) is 13.7 Å². The van der Waals surface area contributed by atoms with Crippen molar-refractivity contribution < 1.29 is 9.53 Å². The van der Waals surface area contributed by atoms with E-state index in [1.807, 2.05) is 0 Å². The zero-order valence-electron chi connectivity index (χ0n) is 8.79. The van der Waals surface area contributed by atoms with Crippen LogP contribution in [0.4, 0.5) is 0 Å². The number of amides is 1. The van der Waals surface area contributed by atoms with Crippen LogP contribution in [0.25, 0.3) is 0 Å². The van der Waals surface area contributed by atoms with E-state index in [1.165, 1.54) is 6.42 Å². The summed E-state index contributed by atoms with van der Waals surface area (Å²) in [6.45, 7) is 0.671. The highest BCUT2D eigenvalue weighted by Crippen LogP contribution is 2.18. The van der Waals surface area contributed by atoms with Crippen LogP contribution in [-0.4, -0.2) is 31.7 Å². The molecule has 0 radical (unpaired) electrons. The molecule has 0 saturated heterocycles. The van der Waals surface area contributed by atoms with Crippen LogP contribution < -0.4 is 11.1 Å². The van der Waals surface area contributed by atoms with Gasteiger partial charge in [-0.1, -0.05) is 0 Å². The molecule has 1 aliphatic rings. The maximum absolute atomic E-state index is 11.5. The van der Waals surface area contributed by atoms with Crippen molar-refractivity contribution in [1.29, 1.82) is 0 Å². The van der Waals surface area contributed by atoms with E-state index in [1.54, 1.807) is 7.11 Å². The zero-order valence-corrected chi connectivity index (χ0v) is 8.79. The van der Waals surface area contributed by atoms with Gasteiger partial charge < -0.3 is 15.8 Å². The smallest absolute Gasteiger partial charge is 0.237 e. The van der Waals surface area contributed by atoms with E-state index in [0.29, 0.717) is 19.1 Å². The van der Waals surface area contributed by atoms with Crippen molar-refractivity contribution in [3.8, 4) is 0 Å². The molecule has 1 rings (SSSR count). The molecule has 0 bridgehead atoms. The third-order valence-electron chi connectivity index (χ3n) is 2.65. The number of hydrogen-bond donors (Lipinski definition) is 2. The second kappa shape index (κ2) is 5.98. The highest BCUT2D eigenvalue weighted by atomic mass is 16.5. The molecule has 1 aliphatic carbocycles. The summed E-state index contributed by atoms with van der Waals surface area (Å²) in [4.78, 5) is 11.5. The molecule has 0 spiro atoms. The maximum atomic E-state index is 11.5. The third kappa shape index (κ3) is 3.64. The standard InChI is InChI=1S/C10H20N2O2/c1-14-7-3-6-9(11)10(13)12-8-4-2-5-8/h8-9H,2-7,11H2,1H3,(H,12,13). The molecule has 14 heavy (non-hydrogen) atoms. The maximum Gasteiger partial charge on any atom is 0.237 e. The van der Waals surface area contributed by atoms with Gasteiger partial charge in [0.2, 0.25) is 5.91 Å². The molecular weight excluding hydrogens is 180 g/mol. The van der Waals surface area contributed by atoms with Gasteiger partial charge in [0.05, 0.1) is 6.04 Å². The number of ether oxygens (including phenoxy) is 1. The molecule has 1 fully saturated rings. The molecule has 0 aromatic rings. The quantitative estimate of drug-likeness (QED) is 0.610. The van der Waals surface area contributed by atoms with Crippen LogP contribution in [0.5, 0.6) is 0 Å². The minimum atomic E-state index is -0.370. The lowest BCUT2D eigenvalue weighted by atomic mass is 9.93. The first-order valence-corrected chi connectivity index (χ1v) is 5.29. The third-order valence-corrected chi connectivity index (χ3v) is 2.65. The number of hydrogen-bond acceptors (Lipinski definition) is 3. The summed E-state index contributed by atoms with van der Waals surface area (Å²) in [6.07, 6.45) is 4.99. The molecule has 3 N–H and O–H groups in total. The number of methoxy groups -OCH3 is 1. The highest BCUT2D eigenvalue weighted by Gasteiger charge is 2.22. The molecule has 1 amide bonds. The van der Waals surface area contributed by atoms with Gasteiger partial charge in [-0.25, -0.2) is 0 Å². The monoisotopic (exact) mass is 200 g/mol. The van der Waals surface area contributed by atoms with Crippen molar-refractivity contribution in [2.45, 2.75) is 44.2 Å². The Bertz CT molecular complexity index is 181. The SMILES string of the molecule is COCCCC(N)C(=O)NC1CCC1. The Morgan fingerprint density at radius 3 is 2.86 bits per heavy atom. The molecule has 0 heterocycles. The van der Waals surface area contributed by atoms with Gasteiger partial charge in [-0.15, -0.1) is 0 Å². The zero-order chi connectivity index (χ0) is 10.4. The second-order valence-electron chi connectivity index (χ2n) is 3.88. The van der Waals surface area contributed by atoms with Gasteiger partial charge in [-0.2, -0.15) is 0 Å². The minimum Gasteiger partial charge on any atom is -0.385 e. The molecule has 1 unspecified atom stereocenters. The molecule has 0 aromatic heterocycles. The topological polar surface area (TPSA) is 64.3 Å². The van der Waals surface area contributed by atoms with Crippen LogP contribution in [0, 0.1) is 0 Å². The Balaban J connectivity index is 2.08. The number of nitrogens with two attached hydrogens (primary N) is 1. The van der Waals surface area contributed by atoms with Gasteiger partial charge in [0.15, 0.2) is 0 Å². The van der Waals surface area contributed by atoms with Crippen LogP contribution >= 0.6 is 0 Å². The molecular formula is C10H20N2O2. The van der Waals surface area contributed by atoms with E-state index < -0.39 is 0 Å². The molecule has 4 nitrogen and oxygen atoms in total. The fourth-order valence-electron chi connectivity index (χ4n) is 1.44. The largest absolute Gasteiger partial charge is 0.385 e. The lowest BCUT2D eigenvalue weighted by Crippen LogP contribution is -2.47. The van der Waals surface area contributed by atoms with E-state index in [0.717, 1.165) is 19.3 Å². The van der Waals surface area contributed by atoms with Gasteiger partial charge in [0, 0.05) is 19.8 Å². The number of carbonyl (C=O) groups excluding carboxylic acids is 1. The first-order valence-electron chi connectivity index (χ1n) is 5.29. The average Bonchev–Trinajstić information content (AvgIpc) is 2.11. The molecule has 1 atom stereocenters. The highest BCUT2D eigenvalue weighted by molar-refractivity contribution is 5.81. The Labute approximate surface area is 85.2 Å². The molecule has 0 aromatic carbocycles. The van der Waals surface area contributed by atoms with Crippen LogP contribution in [0.2, 0.25) is 0 Å². The lowest BCUT2D eigenvalue weighted by Gasteiger charge is -2.27. The summed E-state index contributed by atoms with van der Waals surface area (Å²) >= 11 is 0. The Hall–Kier alpha value is -0.610. The van der Waals surface area contributed by atoms with Crippen LogP contribution in [-0.2, 0) is 9.53 Å². The van der Waals surface area contributed by atoms with Crippen LogP contribution in [0.15, 0.2) is 0 Å². The fourth-order valence-corrected chi connectivity index (χ4v) is 1.44. The first-order chi connectivity index (χ1) is 6.74. The second-order valence-corrected chi connectivity index (χ2v) is 3.88. The molecule has 4 heteroatoms. The Morgan fingerprint density at radius 1 is 1.64 bits per heavy atom. The first kappa shape index (κ1) is 11.5. The van der Waals surface area contributed by atoms with Gasteiger partial charge in [0.1, 0.15) is 0 Å². The average molecular weight is 200 g/mol. The van der Waals surface area contributed by atoms with Gasteiger partial charge in [-0.05, 0) is 32.1 Å². The van der Waals surface area contributed by atoms with Crippen molar-refractivity contribution in [2.24, 2.45) is 5.73 Å². The summed E-state index contributed by atoms with van der Waals surface area (Å²) in [6, 6.07) is 0.0155. The van der Waals surface area contributed by atoms with Crippen LogP contribution in [0.3, 0.4) is 0 Å². The summed E-state index contributed by atoms with van der Waals surface area (Å²) in [7, 11) is 1.65.